The monoisotopic (exact) mass is 422 g/mol. The molecule has 0 unspecified atom stereocenters. The van der Waals surface area contributed by atoms with E-state index in [2.05, 4.69) is 41.8 Å². The molecule has 1 aromatic carbocycles. The second-order valence-electron chi connectivity index (χ2n) is 8.63. The van der Waals surface area contributed by atoms with E-state index in [1.165, 1.54) is 0 Å². The number of fused-ring (bicyclic) bond motifs is 2. The van der Waals surface area contributed by atoms with Crippen LogP contribution in [0.1, 0.15) is 49.5 Å². The number of anilines is 3. The topological polar surface area (TPSA) is 92.6 Å². The molecule has 4 rings (SSSR count). The van der Waals surface area contributed by atoms with E-state index in [4.69, 9.17) is 9.72 Å². The zero-order chi connectivity index (χ0) is 22.0. The average molecular weight is 423 g/mol. The van der Waals surface area contributed by atoms with Gasteiger partial charge in [0.05, 0.1) is 12.8 Å². The molecule has 31 heavy (non-hydrogen) atoms. The van der Waals surface area contributed by atoms with Crippen LogP contribution in [-0.2, 0) is 6.42 Å². The third kappa shape index (κ3) is 4.28. The minimum Gasteiger partial charge on any atom is -0.493 e. The lowest BCUT2D eigenvalue weighted by Gasteiger charge is -2.22. The van der Waals surface area contributed by atoms with Crippen LogP contribution < -0.4 is 20.7 Å². The number of ether oxygens (including phenoxy) is 1. The van der Waals surface area contributed by atoms with Gasteiger partial charge in [0.2, 0.25) is 0 Å². The lowest BCUT2D eigenvalue weighted by molar-refractivity contribution is 0.0937. The summed E-state index contributed by atoms with van der Waals surface area (Å²) in [5.74, 6) is 2.11. The molecule has 3 aromatic rings. The number of amides is 1. The molecule has 2 aromatic heterocycles. The van der Waals surface area contributed by atoms with E-state index in [-0.39, 0.29) is 11.3 Å². The predicted octanol–water partition coefficient (Wildman–Crippen LogP) is 4.01. The highest BCUT2D eigenvalue weighted by molar-refractivity contribution is 6.00. The van der Waals surface area contributed by atoms with Crippen molar-refractivity contribution in [2.75, 3.05) is 30.8 Å². The van der Waals surface area contributed by atoms with Crippen molar-refractivity contribution in [1.29, 1.82) is 0 Å². The number of carbonyl (C=O) groups is 1. The van der Waals surface area contributed by atoms with Crippen LogP contribution in [0.3, 0.4) is 0 Å². The van der Waals surface area contributed by atoms with Crippen molar-refractivity contribution in [1.82, 2.24) is 19.9 Å². The standard InChI is InChI=1S/C23H30N6O2/c1-5-23(2,3)14-25-22(30)16-13-26-29-20(24-4)12-19(28-21(16)29)27-17-9-6-10-18-15(17)8-7-11-31-18/h6,9-10,12-13,24H,5,7-8,11,14H2,1-4H3,(H,25,30)(H,27,28). The van der Waals surface area contributed by atoms with Crippen molar-refractivity contribution in [3.63, 3.8) is 0 Å². The SMILES string of the molecule is CCC(C)(C)CNC(=O)c1cnn2c(NC)cc(Nc3cccc4c3CCCO4)nc12. The molecule has 0 spiro atoms. The molecule has 0 radical (unpaired) electrons. The Kier molecular flexibility index (Phi) is 5.71. The summed E-state index contributed by atoms with van der Waals surface area (Å²) in [4.78, 5) is 17.6. The molecule has 1 aliphatic rings. The van der Waals surface area contributed by atoms with Crippen LogP contribution in [0.15, 0.2) is 30.5 Å². The van der Waals surface area contributed by atoms with E-state index in [1.807, 2.05) is 31.3 Å². The molecule has 0 atom stereocenters. The third-order valence-corrected chi connectivity index (χ3v) is 5.88. The summed E-state index contributed by atoms with van der Waals surface area (Å²) in [6.07, 6.45) is 4.48. The Morgan fingerprint density at radius 2 is 2.16 bits per heavy atom. The van der Waals surface area contributed by atoms with Gasteiger partial charge >= 0.3 is 0 Å². The van der Waals surface area contributed by atoms with Crippen LogP contribution in [0, 0.1) is 5.41 Å². The first kappa shape index (κ1) is 21.0. The lowest BCUT2D eigenvalue weighted by Crippen LogP contribution is -2.33. The van der Waals surface area contributed by atoms with Gasteiger partial charge in [-0.3, -0.25) is 4.79 Å². The summed E-state index contributed by atoms with van der Waals surface area (Å²) in [7, 11) is 1.82. The van der Waals surface area contributed by atoms with Crippen LogP contribution in [-0.4, -0.2) is 40.7 Å². The first-order valence-electron chi connectivity index (χ1n) is 10.8. The van der Waals surface area contributed by atoms with Crippen molar-refractivity contribution < 1.29 is 9.53 Å². The molecule has 0 bridgehead atoms. The number of hydrogen-bond acceptors (Lipinski definition) is 6. The third-order valence-electron chi connectivity index (χ3n) is 5.88. The largest absolute Gasteiger partial charge is 0.493 e. The van der Waals surface area contributed by atoms with Crippen LogP contribution in [0.4, 0.5) is 17.3 Å². The number of nitrogens with zero attached hydrogens (tertiary/aromatic N) is 3. The number of hydrogen-bond donors (Lipinski definition) is 3. The van der Waals surface area contributed by atoms with Gasteiger partial charge < -0.3 is 20.7 Å². The van der Waals surface area contributed by atoms with E-state index in [0.717, 1.165) is 48.7 Å². The van der Waals surface area contributed by atoms with E-state index >= 15 is 0 Å². The van der Waals surface area contributed by atoms with Crippen LogP contribution in [0.5, 0.6) is 5.75 Å². The molecule has 3 heterocycles. The quantitative estimate of drug-likeness (QED) is 0.533. The van der Waals surface area contributed by atoms with E-state index in [1.54, 1.807) is 10.7 Å². The Bertz CT molecular complexity index is 1100. The fraction of sp³-hybridized carbons (Fsp3) is 0.435. The maximum absolute atomic E-state index is 12.9. The van der Waals surface area contributed by atoms with Crippen molar-refractivity contribution in [2.24, 2.45) is 5.41 Å². The second kappa shape index (κ2) is 8.45. The maximum atomic E-state index is 12.9. The van der Waals surface area contributed by atoms with Gasteiger partial charge in [0, 0.05) is 30.9 Å². The molecule has 0 saturated carbocycles. The fourth-order valence-corrected chi connectivity index (χ4v) is 3.55. The van der Waals surface area contributed by atoms with Gasteiger partial charge in [0.1, 0.15) is 22.9 Å². The van der Waals surface area contributed by atoms with Crippen molar-refractivity contribution in [3.8, 4) is 5.75 Å². The first-order chi connectivity index (χ1) is 14.9. The molecule has 0 fully saturated rings. The predicted molar refractivity (Wildman–Crippen MR) is 122 cm³/mol. The molecule has 1 amide bonds. The fourth-order valence-electron chi connectivity index (χ4n) is 3.55. The summed E-state index contributed by atoms with van der Waals surface area (Å²) in [5.41, 5.74) is 3.09. The van der Waals surface area contributed by atoms with Crippen molar-refractivity contribution in [2.45, 2.75) is 40.0 Å². The van der Waals surface area contributed by atoms with Crippen LogP contribution in [0.25, 0.3) is 5.65 Å². The summed E-state index contributed by atoms with van der Waals surface area (Å²) >= 11 is 0. The smallest absolute Gasteiger partial charge is 0.256 e. The molecule has 0 saturated heterocycles. The number of rotatable bonds is 7. The summed E-state index contributed by atoms with van der Waals surface area (Å²) in [6, 6.07) is 7.87. The Balaban J connectivity index is 1.67. The van der Waals surface area contributed by atoms with Gasteiger partial charge in [-0.05, 0) is 36.8 Å². The number of benzene rings is 1. The first-order valence-corrected chi connectivity index (χ1v) is 10.8. The molecule has 8 heteroatoms. The lowest BCUT2D eigenvalue weighted by atomic mass is 9.90. The normalized spacial score (nSPS) is 13.4. The van der Waals surface area contributed by atoms with Crippen LogP contribution in [0.2, 0.25) is 0 Å². The maximum Gasteiger partial charge on any atom is 0.256 e. The molecule has 3 N–H and O–H groups in total. The molecule has 8 nitrogen and oxygen atoms in total. The van der Waals surface area contributed by atoms with Gasteiger partial charge in [-0.25, -0.2) is 4.98 Å². The van der Waals surface area contributed by atoms with Gasteiger partial charge in [0.25, 0.3) is 5.91 Å². The van der Waals surface area contributed by atoms with Gasteiger partial charge in [-0.2, -0.15) is 9.61 Å². The summed E-state index contributed by atoms with van der Waals surface area (Å²) < 4.78 is 7.43. The molecule has 0 aliphatic carbocycles. The number of nitrogens with one attached hydrogen (secondary N) is 3. The molecule has 164 valence electrons. The highest BCUT2D eigenvalue weighted by Crippen LogP contribution is 2.33. The average Bonchev–Trinajstić information content (AvgIpc) is 3.21. The number of aromatic nitrogens is 3. The minimum absolute atomic E-state index is 0.0311. The van der Waals surface area contributed by atoms with E-state index < -0.39 is 0 Å². The Morgan fingerprint density at radius 1 is 1.32 bits per heavy atom. The van der Waals surface area contributed by atoms with Gasteiger partial charge in [-0.15, -0.1) is 0 Å². The van der Waals surface area contributed by atoms with E-state index in [9.17, 15) is 4.79 Å². The van der Waals surface area contributed by atoms with E-state index in [0.29, 0.717) is 23.6 Å². The van der Waals surface area contributed by atoms with Gasteiger partial charge in [0.15, 0.2) is 5.65 Å². The highest BCUT2D eigenvalue weighted by Gasteiger charge is 2.21. The zero-order valence-corrected chi connectivity index (χ0v) is 18.6. The van der Waals surface area contributed by atoms with Crippen LogP contribution >= 0.6 is 0 Å². The van der Waals surface area contributed by atoms with Crippen molar-refractivity contribution >= 4 is 28.9 Å². The number of carbonyl (C=O) groups excluding carboxylic acids is 1. The minimum atomic E-state index is -0.172. The van der Waals surface area contributed by atoms with Gasteiger partial charge in [-0.1, -0.05) is 26.8 Å². The Morgan fingerprint density at radius 3 is 2.94 bits per heavy atom. The zero-order valence-electron chi connectivity index (χ0n) is 18.6. The van der Waals surface area contributed by atoms with Crippen molar-refractivity contribution in [3.05, 3.63) is 41.6 Å². The highest BCUT2D eigenvalue weighted by atomic mass is 16.5. The molecular weight excluding hydrogens is 392 g/mol. The summed E-state index contributed by atoms with van der Waals surface area (Å²) in [5, 5.41) is 14.0. The Labute approximate surface area is 182 Å². The Hall–Kier alpha value is -3.29. The molecule has 1 aliphatic heterocycles. The molecular formula is C23H30N6O2. The summed E-state index contributed by atoms with van der Waals surface area (Å²) in [6.45, 7) is 7.72. The second-order valence-corrected chi connectivity index (χ2v) is 8.63.